The summed E-state index contributed by atoms with van der Waals surface area (Å²) in [5.74, 6) is -1.67. The van der Waals surface area contributed by atoms with Crippen molar-refractivity contribution in [1.82, 2.24) is 4.98 Å². The molecule has 0 spiro atoms. The van der Waals surface area contributed by atoms with Gasteiger partial charge in [-0.1, -0.05) is 0 Å². The van der Waals surface area contributed by atoms with E-state index in [4.69, 9.17) is 5.11 Å². The number of nitrogens with zero attached hydrogens (tertiary/aromatic N) is 1. The highest BCUT2D eigenvalue weighted by molar-refractivity contribution is 5.70. The number of hydrogen-bond donors (Lipinski definition) is 1. The third-order valence-electron chi connectivity index (χ3n) is 1.93. The van der Waals surface area contributed by atoms with Crippen LogP contribution in [0.25, 0.3) is 0 Å². The summed E-state index contributed by atoms with van der Waals surface area (Å²) in [6, 6.07) is 0.0942. The Bertz CT molecular complexity index is 465. The molecule has 0 aliphatic heterocycles. The highest BCUT2D eigenvalue weighted by atomic mass is 19.4. The molecule has 0 amide bonds. The van der Waals surface area contributed by atoms with E-state index in [-0.39, 0.29) is 12.3 Å². The summed E-state index contributed by atoms with van der Waals surface area (Å²) in [5, 5.41) is 8.38. The Kier molecular flexibility index (Phi) is 3.54. The molecule has 100 valence electrons. The van der Waals surface area contributed by atoms with Gasteiger partial charge in [-0.05, 0) is 11.6 Å². The minimum Gasteiger partial charge on any atom is -0.481 e. The lowest BCUT2D eigenvalue weighted by Gasteiger charge is -2.13. The van der Waals surface area contributed by atoms with Crippen LogP contribution in [0.1, 0.15) is 16.8 Å². The van der Waals surface area contributed by atoms with E-state index in [0.717, 1.165) is 0 Å². The molecule has 0 aliphatic rings. The maximum absolute atomic E-state index is 12.4. The van der Waals surface area contributed by atoms with Crippen LogP contribution in [0, 0.1) is 0 Å². The van der Waals surface area contributed by atoms with Gasteiger partial charge in [-0.15, -0.1) is 0 Å². The molecular weight excluding hydrogens is 268 g/mol. The van der Waals surface area contributed by atoms with Crippen molar-refractivity contribution in [2.24, 2.45) is 0 Å². The van der Waals surface area contributed by atoms with Crippen LogP contribution in [0.4, 0.5) is 26.3 Å². The zero-order valence-corrected chi connectivity index (χ0v) is 8.43. The fourth-order valence-electron chi connectivity index (χ4n) is 1.22. The Hall–Kier alpha value is -1.80. The number of aromatic nitrogens is 1. The Labute approximate surface area is 96.1 Å². The molecule has 0 aromatic carbocycles. The first-order chi connectivity index (χ1) is 8.01. The summed E-state index contributed by atoms with van der Waals surface area (Å²) in [6.45, 7) is 0. The lowest BCUT2D eigenvalue weighted by Crippen LogP contribution is -2.16. The SMILES string of the molecule is O=C(O)Cc1cc(C(F)(F)F)ncc1C(F)(F)F. The molecule has 18 heavy (non-hydrogen) atoms. The number of alkyl halides is 6. The van der Waals surface area contributed by atoms with Gasteiger partial charge in [-0.2, -0.15) is 26.3 Å². The molecule has 1 heterocycles. The Morgan fingerprint density at radius 3 is 2.11 bits per heavy atom. The number of rotatable bonds is 2. The quantitative estimate of drug-likeness (QED) is 0.843. The predicted molar refractivity (Wildman–Crippen MR) is 45.6 cm³/mol. The summed E-state index contributed by atoms with van der Waals surface area (Å²) in [7, 11) is 0. The number of aliphatic carboxylic acids is 1. The molecule has 0 atom stereocenters. The van der Waals surface area contributed by atoms with Gasteiger partial charge in [0, 0.05) is 6.20 Å². The monoisotopic (exact) mass is 273 g/mol. The molecule has 0 saturated heterocycles. The largest absolute Gasteiger partial charge is 0.481 e. The third kappa shape index (κ3) is 3.34. The molecule has 1 aromatic rings. The standard InChI is InChI=1S/C9H5F6NO2/c10-8(11,12)5-3-16-6(9(13,14)15)1-4(5)2-7(17)18/h1,3H,2H2,(H,17,18). The molecule has 0 radical (unpaired) electrons. The van der Waals surface area contributed by atoms with E-state index in [1.165, 1.54) is 0 Å². The Morgan fingerprint density at radius 2 is 1.72 bits per heavy atom. The summed E-state index contributed by atoms with van der Waals surface area (Å²) in [6.07, 6.45) is -11.1. The normalized spacial score (nSPS) is 12.6. The van der Waals surface area contributed by atoms with Gasteiger partial charge >= 0.3 is 18.3 Å². The van der Waals surface area contributed by atoms with Gasteiger partial charge in [0.25, 0.3) is 0 Å². The van der Waals surface area contributed by atoms with Gasteiger partial charge in [0.1, 0.15) is 5.69 Å². The van der Waals surface area contributed by atoms with E-state index >= 15 is 0 Å². The van der Waals surface area contributed by atoms with Crippen molar-refractivity contribution in [3.63, 3.8) is 0 Å². The number of hydrogen-bond acceptors (Lipinski definition) is 2. The van der Waals surface area contributed by atoms with Crippen LogP contribution in [0.3, 0.4) is 0 Å². The molecule has 0 saturated carbocycles. The van der Waals surface area contributed by atoms with Gasteiger partial charge in [-0.3, -0.25) is 9.78 Å². The minimum atomic E-state index is -4.96. The van der Waals surface area contributed by atoms with E-state index in [1.807, 2.05) is 0 Å². The van der Waals surface area contributed by atoms with Crippen LogP contribution in [-0.2, 0) is 23.6 Å². The zero-order valence-electron chi connectivity index (χ0n) is 8.43. The topological polar surface area (TPSA) is 50.2 Å². The second kappa shape index (κ2) is 4.46. The molecule has 0 aliphatic carbocycles. The van der Waals surface area contributed by atoms with Crippen molar-refractivity contribution in [3.8, 4) is 0 Å². The van der Waals surface area contributed by atoms with Crippen LogP contribution >= 0.6 is 0 Å². The highest BCUT2D eigenvalue weighted by Gasteiger charge is 2.38. The number of carboxylic acids is 1. The molecule has 3 nitrogen and oxygen atoms in total. The third-order valence-corrected chi connectivity index (χ3v) is 1.93. The minimum absolute atomic E-state index is 0.0128. The smallest absolute Gasteiger partial charge is 0.433 e. The van der Waals surface area contributed by atoms with E-state index in [9.17, 15) is 31.1 Å². The second-order valence-electron chi connectivity index (χ2n) is 3.29. The van der Waals surface area contributed by atoms with Crippen LogP contribution < -0.4 is 0 Å². The number of carboxylic acid groups (broad SMARTS) is 1. The molecule has 1 N–H and O–H groups in total. The number of carbonyl (C=O) groups is 1. The highest BCUT2D eigenvalue weighted by Crippen LogP contribution is 2.35. The predicted octanol–water partition coefficient (Wildman–Crippen LogP) is 2.75. The fourth-order valence-corrected chi connectivity index (χ4v) is 1.22. The van der Waals surface area contributed by atoms with Crippen LogP contribution in [0.15, 0.2) is 12.3 Å². The molecule has 1 aromatic heterocycles. The van der Waals surface area contributed by atoms with E-state index < -0.39 is 41.6 Å². The first kappa shape index (κ1) is 14.3. The molecule has 0 unspecified atom stereocenters. The van der Waals surface area contributed by atoms with Crippen LogP contribution in [0.5, 0.6) is 0 Å². The second-order valence-corrected chi connectivity index (χ2v) is 3.29. The summed E-state index contributed by atoms with van der Waals surface area (Å²) in [4.78, 5) is 13.0. The first-order valence-electron chi connectivity index (χ1n) is 4.37. The van der Waals surface area contributed by atoms with Crippen molar-refractivity contribution >= 4 is 5.97 Å². The van der Waals surface area contributed by atoms with E-state index in [0.29, 0.717) is 0 Å². The molecule has 0 fully saturated rings. The van der Waals surface area contributed by atoms with Crippen molar-refractivity contribution in [2.45, 2.75) is 18.8 Å². The molecule has 1 rings (SSSR count). The van der Waals surface area contributed by atoms with Gasteiger partial charge in [0.05, 0.1) is 12.0 Å². The van der Waals surface area contributed by atoms with Crippen LogP contribution in [-0.4, -0.2) is 16.1 Å². The average Bonchev–Trinajstić information content (AvgIpc) is 2.13. The number of pyridine rings is 1. The van der Waals surface area contributed by atoms with Crippen molar-refractivity contribution in [3.05, 3.63) is 29.1 Å². The number of halogens is 6. The zero-order chi connectivity index (χ0) is 14.1. The summed E-state index contributed by atoms with van der Waals surface area (Å²) < 4.78 is 74.0. The van der Waals surface area contributed by atoms with Gasteiger partial charge in [-0.25, -0.2) is 0 Å². The lowest BCUT2D eigenvalue weighted by molar-refractivity contribution is -0.145. The Balaban J connectivity index is 3.34. The van der Waals surface area contributed by atoms with Crippen LogP contribution in [0.2, 0.25) is 0 Å². The van der Waals surface area contributed by atoms with E-state index in [2.05, 4.69) is 4.98 Å². The molecule has 9 heteroatoms. The maximum atomic E-state index is 12.4. The first-order valence-corrected chi connectivity index (χ1v) is 4.37. The van der Waals surface area contributed by atoms with Gasteiger partial charge < -0.3 is 5.11 Å². The van der Waals surface area contributed by atoms with Crippen molar-refractivity contribution in [1.29, 1.82) is 0 Å². The lowest BCUT2D eigenvalue weighted by atomic mass is 10.1. The fraction of sp³-hybridized carbons (Fsp3) is 0.333. The van der Waals surface area contributed by atoms with Crippen molar-refractivity contribution in [2.75, 3.05) is 0 Å². The molecule has 0 bridgehead atoms. The van der Waals surface area contributed by atoms with Gasteiger partial charge in [0.2, 0.25) is 0 Å². The average molecular weight is 273 g/mol. The molecular formula is C9H5F6NO2. The summed E-state index contributed by atoms with van der Waals surface area (Å²) >= 11 is 0. The maximum Gasteiger partial charge on any atom is 0.433 e. The van der Waals surface area contributed by atoms with Gasteiger partial charge in [0.15, 0.2) is 0 Å². The van der Waals surface area contributed by atoms with E-state index in [1.54, 1.807) is 0 Å². The van der Waals surface area contributed by atoms with Crippen molar-refractivity contribution < 1.29 is 36.2 Å². The Morgan fingerprint density at radius 1 is 1.17 bits per heavy atom. The summed E-state index contributed by atoms with van der Waals surface area (Å²) in [5.41, 5.74) is -4.03.